The molecule has 3 aromatic rings. The van der Waals surface area contributed by atoms with Crippen LogP contribution in [-0.4, -0.2) is 27.6 Å². The molecule has 0 spiro atoms. The molecule has 1 fully saturated rings. The quantitative estimate of drug-likeness (QED) is 0.774. The SMILES string of the molecule is Cc1cccc(-c2nc3cc(Cl)cnc3n2C2CCNCC2)c1. The van der Waals surface area contributed by atoms with Gasteiger partial charge in [0.1, 0.15) is 11.3 Å². The van der Waals surface area contributed by atoms with Gasteiger partial charge in [-0.1, -0.05) is 35.4 Å². The molecule has 23 heavy (non-hydrogen) atoms. The molecule has 1 N–H and O–H groups in total. The summed E-state index contributed by atoms with van der Waals surface area (Å²) < 4.78 is 2.31. The third-order valence-corrected chi connectivity index (χ3v) is 4.65. The first-order chi connectivity index (χ1) is 11.2. The summed E-state index contributed by atoms with van der Waals surface area (Å²) >= 11 is 6.12. The molecule has 0 aliphatic carbocycles. The normalized spacial score (nSPS) is 16.1. The van der Waals surface area contributed by atoms with E-state index in [-0.39, 0.29) is 0 Å². The molecule has 118 valence electrons. The molecule has 0 saturated carbocycles. The molecular formula is C18H19ClN4. The first-order valence-corrected chi connectivity index (χ1v) is 8.41. The van der Waals surface area contributed by atoms with Crippen LogP contribution in [0.2, 0.25) is 5.02 Å². The minimum atomic E-state index is 0.422. The molecule has 2 aromatic heterocycles. The first kappa shape index (κ1) is 14.7. The van der Waals surface area contributed by atoms with E-state index in [9.17, 15) is 0 Å². The Hall–Kier alpha value is -1.91. The lowest BCUT2D eigenvalue weighted by Crippen LogP contribution is -2.29. The third kappa shape index (κ3) is 2.73. The number of hydrogen-bond acceptors (Lipinski definition) is 3. The Morgan fingerprint density at radius 3 is 2.83 bits per heavy atom. The Bertz CT molecular complexity index is 849. The second-order valence-electron chi connectivity index (χ2n) is 6.15. The molecule has 4 rings (SSSR count). The van der Waals surface area contributed by atoms with Crippen LogP contribution in [0.25, 0.3) is 22.6 Å². The van der Waals surface area contributed by atoms with E-state index in [1.54, 1.807) is 6.20 Å². The zero-order chi connectivity index (χ0) is 15.8. The van der Waals surface area contributed by atoms with Crippen molar-refractivity contribution in [2.45, 2.75) is 25.8 Å². The number of hydrogen-bond donors (Lipinski definition) is 1. The molecule has 0 bridgehead atoms. The Labute approximate surface area is 140 Å². The number of nitrogens with one attached hydrogen (secondary N) is 1. The molecule has 0 amide bonds. The van der Waals surface area contributed by atoms with E-state index < -0.39 is 0 Å². The van der Waals surface area contributed by atoms with Crippen molar-refractivity contribution < 1.29 is 0 Å². The number of aromatic nitrogens is 3. The van der Waals surface area contributed by atoms with Gasteiger partial charge in [-0.2, -0.15) is 0 Å². The molecule has 0 atom stereocenters. The highest BCUT2D eigenvalue weighted by Crippen LogP contribution is 2.32. The van der Waals surface area contributed by atoms with Crippen LogP contribution < -0.4 is 5.32 Å². The van der Waals surface area contributed by atoms with Crippen molar-refractivity contribution in [2.24, 2.45) is 0 Å². The van der Waals surface area contributed by atoms with Crippen LogP contribution in [-0.2, 0) is 0 Å². The van der Waals surface area contributed by atoms with Crippen LogP contribution in [0.5, 0.6) is 0 Å². The van der Waals surface area contributed by atoms with Gasteiger partial charge in [0.15, 0.2) is 5.65 Å². The molecule has 3 heterocycles. The Balaban J connectivity index is 1.94. The van der Waals surface area contributed by atoms with E-state index >= 15 is 0 Å². The lowest BCUT2D eigenvalue weighted by Gasteiger charge is -2.26. The number of halogens is 1. The van der Waals surface area contributed by atoms with Gasteiger partial charge in [-0.05, 0) is 45.0 Å². The number of nitrogens with zero attached hydrogens (tertiary/aromatic N) is 3. The van der Waals surface area contributed by atoms with E-state index in [2.05, 4.69) is 46.1 Å². The summed E-state index contributed by atoms with van der Waals surface area (Å²) in [5.74, 6) is 0.991. The summed E-state index contributed by atoms with van der Waals surface area (Å²) in [5, 5.41) is 4.05. The summed E-state index contributed by atoms with van der Waals surface area (Å²) in [5.41, 5.74) is 4.17. The van der Waals surface area contributed by atoms with E-state index in [0.717, 1.165) is 48.5 Å². The fraction of sp³-hybridized carbons (Fsp3) is 0.333. The van der Waals surface area contributed by atoms with Crippen molar-refractivity contribution in [1.82, 2.24) is 19.9 Å². The molecule has 5 heteroatoms. The van der Waals surface area contributed by atoms with Gasteiger partial charge in [0.2, 0.25) is 0 Å². The minimum Gasteiger partial charge on any atom is -0.317 e. The fourth-order valence-corrected chi connectivity index (χ4v) is 3.51. The summed E-state index contributed by atoms with van der Waals surface area (Å²) in [7, 11) is 0. The van der Waals surface area contributed by atoms with Crippen molar-refractivity contribution in [3.05, 3.63) is 47.1 Å². The first-order valence-electron chi connectivity index (χ1n) is 8.03. The molecule has 1 aromatic carbocycles. The van der Waals surface area contributed by atoms with Crippen molar-refractivity contribution >= 4 is 22.8 Å². The van der Waals surface area contributed by atoms with Gasteiger partial charge in [0.25, 0.3) is 0 Å². The average Bonchev–Trinajstić information content (AvgIpc) is 2.94. The Morgan fingerprint density at radius 1 is 1.22 bits per heavy atom. The van der Waals surface area contributed by atoms with E-state index in [0.29, 0.717) is 11.1 Å². The van der Waals surface area contributed by atoms with Gasteiger partial charge in [-0.15, -0.1) is 0 Å². The average molecular weight is 327 g/mol. The summed E-state index contributed by atoms with van der Waals surface area (Å²) in [6, 6.07) is 10.8. The Morgan fingerprint density at radius 2 is 2.04 bits per heavy atom. The smallest absolute Gasteiger partial charge is 0.160 e. The maximum absolute atomic E-state index is 6.12. The van der Waals surface area contributed by atoms with E-state index in [1.165, 1.54) is 5.56 Å². The zero-order valence-electron chi connectivity index (χ0n) is 13.1. The van der Waals surface area contributed by atoms with Crippen LogP contribution in [0.3, 0.4) is 0 Å². The number of rotatable bonds is 2. The minimum absolute atomic E-state index is 0.422. The topological polar surface area (TPSA) is 42.7 Å². The monoisotopic (exact) mass is 326 g/mol. The number of imidazole rings is 1. The molecule has 1 aliphatic heterocycles. The maximum atomic E-state index is 6.12. The summed E-state index contributed by atoms with van der Waals surface area (Å²) in [6.45, 7) is 4.17. The van der Waals surface area contributed by atoms with Crippen molar-refractivity contribution in [1.29, 1.82) is 0 Å². The maximum Gasteiger partial charge on any atom is 0.160 e. The highest BCUT2D eigenvalue weighted by molar-refractivity contribution is 6.31. The van der Waals surface area contributed by atoms with Gasteiger partial charge in [-0.25, -0.2) is 9.97 Å². The second kappa shape index (κ2) is 5.95. The van der Waals surface area contributed by atoms with Crippen LogP contribution in [0, 0.1) is 6.92 Å². The van der Waals surface area contributed by atoms with Gasteiger partial charge >= 0.3 is 0 Å². The lowest BCUT2D eigenvalue weighted by molar-refractivity contribution is 0.376. The number of pyridine rings is 1. The number of piperidine rings is 1. The predicted octanol–water partition coefficient (Wildman–Crippen LogP) is 3.98. The molecule has 1 aliphatic rings. The lowest BCUT2D eigenvalue weighted by atomic mass is 10.1. The number of benzene rings is 1. The van der Waals surface area contributed by atoms with Gasteiger partial charge < -0.3 is 9.88 Å². The van der Waals surface area contributed by atoms with E-state index in [4.69, 9.17) is 16.6 Å². The van der Waals surface area contributed by atoms with Gasteiger partial charge in [0, 0.05) is 17.8 Å². The van der Waals surface area contributed by atoms with Crippen LogP contribution in [0.4, 0.5) is 0 Å². The molecular weight excluding hydrogens is 308 g/mol. The summed E-state index contributed by atoms with van der Waals surface area (Å²) in [6.07, 6.45) is 3.90. The van der Waals surface area contributed by atoms with Crippen LogP contribution >= 0.6 is 11.6 Å². The van der Waals surface area contributed by atoms with Crippen molar-refractivity contribution in [2.75, 3.05) is 13.1 Å². The van der Waals surface area contributed by atoms with Crippen molar-refractivity contribution in [3.63, 3.8) is 0 Å². The number of aryl methyl sites for hydroxylation is 1. The standard InChI is InChI=1S/C18H19ClN4/c1-12-3-2-4-13(9-12)17-22-16-10-14(19)11-21-18(16)23(17)15-5-7-20-8-6-15/h2-4,9-11,15,20H,5-8H2,1H3. The van der Waals surface area contributed by atoms with Gasteiger partial charge in [0.05, 0.1) is 5.02 Å². The highest BCUT2D eigenvalue weighted by atomic mass is 35.5. The van der Waals surface area contributed by atoms with Crippen LogP contribution in [0.15, 0.2) is 36.5 Å². The molecule has 0 unspecified atom stereocenters. The predicted molar refractivity (Wildman–Crippen MR) is 93.9 cm³/mol. The molecule has 1 saturated heterocycles. The second-order valence-corrected chi connectivity index (χ2v) is 6.59. The van der Waals surface area contributed by atoms with Crippen molar-refractivity contribution in [3.8, 4) is 11.4 Å². The highest BCUT2D eigenvalue weighted by Gasteiger charge is 2.23. The molecule has 0 radical (unpaired) electrons. The number of fused-ring (bicyclic) bond motifs is 1. The Kier molecular flexibility index (Phi) is 3.79. The zero-order valence-corrected chi connectivity index (χ0v) is 13.8. The van der Waals surface area contributed by atoms with Gasteiger partial charge in [-0.3, -0.25) is 0 Å². The van der Waals surface area contributed by atoms with E-state index in [1.807, 2.05) is 6.07 Å². The summed E-state index contributed by atoms with van der Waals surface area (Å²) in [4.78, 5) is 9.43. The van der Waals surface area contributed by atoms with Crippen LogP contribution in [0.1, 0.15) is 24.4 Å². The molecule has 4 nitrogen and oxygen atoms in total. The largest absolute Gasteiger partial charge is 0.317 e. The third-order valence-electron chi connectivity index (χ3n) is 4.45. The fourth-order valence-electron chi connectivity index (χ4n) is 3.36.